The second-order valence-corrected chi connectivity index (χ2v) is 5.90. The first-order valence-electron chi connectivity index (χ1n) is 6.44. The van der Waals surface area contributed by atoms with Crippen molar-refractivity contribution in [1.82, 2.24) is 9.55 Å². The lowest BCUT2D eigenvalue weighted by Gasteiger charge is -2.24. The Morgan fingerprint density at radius 1 is 1.39 bits per heavy atom. The summed E-state index contributed by atoms with van der Waals surface area (Å²) in [7, 11) is 0. The number of halogens is 1. The van der Waals surface area contributed by atoms with Crippen LogP contribution in [0.25, 0.3) is 11.0 Å². The molecule has 4 heteroatoms. The second kappa shape index (κ2) is 5.02. The molecule has 0 aliphatic heterocycles. The zero-order valence-electron chi connectivity index (χ0n) is 11.2. The van der Waals surface area contributed by atoms with Gasteiger partial charge in [0.25, 0.3) is 0 Å². The SMILES string of the molecule is CCCC(C)(N)c1nc2cc(Br)ccc2n1CC. The van der Waals surface area contributed by atoms with Crippen molar-refractivity contribution in [1.29, 1.82) is 0 Å². The van der Waals surface area contributed by atoms with Crippen LogP contribution in [0.5, 0.6) is 0 Å². The predicted octanol–water partition coefficient (Wildman–Crippen LogP) is 3.79. The van der Waals surface area contributed by atoms with Crippen LogP contribution in [0.1, 0.15) is 39.4 Å². The largest absolute Gasteiger partial charge is 0.327 e. The smallest absolute Gasteiger partial charge is 0.129 e. The highest BCUT2D eigenvalue weighted by atomic mass is 79.9. The Bertz CT molecular complexity index is 557. The molecule has 2 N–H and O–H groups in total. The van der Waals surface area contributed by atoms with Gasteiger partial charge in [0.15, 0.2) is 0 Å². The van der Waals surface area contributed by atoms with E-state index in [4.69, 9.17) is 10.7 Å². The van der Waals surface area contributed by atoms with Crippen molar-refractivity contribution >= 4 is 27.0 Å². The lowest BCUT2D eigenvalue weighted by molar-refractivity contribution is 0.403. The van der Waals surface area contributed by atoms with Gasteiger partial charge < -0.3 is 10.3 Å². The topological polar surface area (TPSA) is 43.8 Å². The summed E-state index contributed by atoms with van der Waals surface area (Å²) in [6.07, 6.45) is 2.00. The summed E-state index contributed by atoms with van der Waals surface area (Å²) in [5.41, 5.74) is 8.23. The van der Waals surface area contributed by atoms with Gasteiger partial charge in [0.1, 0.15) is 5.82 Å². The number of hydrogen-bond acceptors (Lipinski definition) is 2. The van der Waals surface area contributed by atoms with Gasteiger partial charge in [-0.05, 0) is 38.5 Å². The minimum absolute atomic E-state index is 0.365. The summed E-state index contributed by atoms with van der Waals surface area (Å²) in [5, 5.41) is 0. The number of nitrogens with zero attached hydrogens (tertiary/aromatic N) is 2. The van der Waals surface area contributed by atoms with E-state index < -0.39 is 0 Å². The molecule has 1 unspecified atom stereocenters. The van der Waals surface area contributed by atoms with Crippen LogP contribution < -0.4 is 5.73 Å². The average Bonchev–Trinajstić information content (AvgIpc) is 2.67. The number of nitrogens with two attached hydrogens (primary N) is 1. The molecule has 0 spiro atoms. The van der Waals surface area contributed by atoms with Crippen LogP contribution in [0, 0.1) is 0 Å². The van der Waals surface area contributed by atoms with Crippen molar-refractivity contribution in [2.24, 2.45) is 5.73 Å². The fourth-order valence-corrected chi connectivity index (χ4v) is 2.84. The van der Waals surface area contributed by atoms with E-state index in [2.05, 4.69) is 47.3 Å². The number of benzene rings is 1. The van der Waals surface area contributed by atoms with Crippen LogP contribution >= 0.6 is 15.9 Å². The van der Waals surface area contributed by atoms with E-state index in [-0.39, 0.29) is 5.54 Å². The van der Waals surface area contributed by atoms with Gasteiger partial charge in [-0.25, -0.2) is 4.98 Å². The van der Waals surface area contributed by atoms with Crippen LogP contribution in [0.3, 0.4) is 0 Å². The zero-order chi connectivity index (χ0) is 13.3. The van der Waals surface area contributed by atoms with Crippen LogP contribution in [0.4, 0.5) is 0 Å². The monoisotopic (exact) mass is 309 g/mol. The highest BCUT2D eigenvalue weighted by molar-refractivity contribution is 9.10. The fourth-order valence-electron chi connectivity index (χ4n) is 2.49. The van der Waals surface area contributed by atoms with Gasteiger partial charge in [-0.2, -0.15) is 0 Å². The molecular formula is C14H20BrN3. The highest BCUT2D eigenvalue weighted by Crippen LogP contribution is 2.28. The van der Waals surface area contributed by atoms with Crippen LogP contribution in [-0.4, -0.2) is 9.55 Å². The van der Waals surface area contributed by atoms with E-state index in [1.165, 1.54) is 0 Å². The molecule has 0 bridgehead atoms. The van der Waals surface area contributed by atoms with Gasteiger partial charge in [0.05, 0.1) is 16.6 Å². The van der Waals surface area contributed by atoms with E-state index in [0.717, 1.165) is 40.7 Å². The number of rotatable bonds is 4. The van der Waals surface area contributed by atoms with Crippen molar-refractivity contribution in [2.45, 2.75) is 45.7 Å². The van der Waals surface area contributed by atoms with Crippen molar-refractivity contribution in [3.8, 4) is 0 Å². The van der Waals surface area contributed by atoms with E-state index >= 15 is 0 Å². The maximum absolute atomic E-state index is 6.43. The molecule has 0 radical (unpaired) electrons. The summed E-state index contributed by atoms with van der Waals surface area (Å²) in [6, 6.07) is 6.20. The lowest BCUT2D eigenvalue weighted by Crippen LogP contribution is -2.36. The first-order valence-corrected chi connectivity index (χ1v) is 7.24. The summed E-state index contributed by atoms with van der Waals surface area (Å²) in [5.74, 6) is 0.986. The van der Waals surface area contributed by atoms with Crippen molar-refractivity contribution in [2.75, 3.05) is 0 Å². The van der Waals surface area contributed by atoms with Crippen LogP contribution in [0.2, 0.25) is 0 Å². The summed E-state index contributed by atoms with van der Waals surface area (Å²) in [6.45, 7) is 7.25. The Kier molecular flexibility index (Phi) is 3.78. The van der Waals surface area contributed by atoms with Crippen LogP contribution in [0.15, 0.2) is 22.7 Å². The molecule has 2 aromatic rings. The summed E-state index contributed by atoms with van der Waals surface area (Å²) in [4.78, 5) is 4.74. The molecular weight excluding hydrogens is 290 g/mol. The van der Waals surface area contributed by atoms with Gasteiger partial charge in [-0.3, -0.25) is 0 Å². The molecule has 0 saturated carbocycles. The zero-order valence-corrected chi connectivity index (χ0v) is 12.8. The molecule has 1 aromatic heterocycles. The van der Waals surface area contributed by atoms with E-state index in [9.17, 15) is 0 Å². The molecule has 2 rings (SSSR count). The maximum atomic E-state index is 6.43. The molecule has 0 saturated heterocycles. The number of aryl methyl sites for hydroxylation is 1. The third-order valence-electron chi connectivity index (χ3n) is 3.31. The fraction of sp³-hybridized carbons (Fsp3) is 0.500. The van der Waals surface area contributed by atoms with Crippen molar-refractivity contribution in [3.63, 3.8) is 0 Å². The van der Waals surface area contributed by atoms with E-state index in [1.807, 2.05) is 12.1 Å². The minimum atomic E-state index is -0.365. The second-order valence-electron chi connectivity index (χ2n) is 4.98. The van der Waals surface area contributed by atoms with E-state index in [0.29, 0.717) is 0 Å². The third-order valence-corrected chi connectivity index (χ3v) is 3.80. The Morgan fingerprint density at radius 3 is 2.72 bits per heavy atom. The lowest BCUT2D eigenvalue weighted by atomic mass is 9.96. The molecule has 3 nitrogen and oxygen atoms in total. The highest BCUT2D eigenvalue weighted by Gasteiger charge is 2.26. The molecule has 98 valence electrons. The van der Waals surface area contributed by atoms with Gasteiger partial charge in [-0.15, -0.1) is 0 Å². The molecule has 1 atom stereocenters. The van der Waals surface area contributed by atoms with Gasteiger partial charge >= 0.3 is 0 Å². The summed E-state index contributed by atoms with van der Waals surface area (Å²) >= 11 is 3.49. The molecule has 0 aliphatic carbocycles. The number of fused-ring (bicyclic) bond motifs is 1. The van der Waals surface area contributed by atoms with Crippen molar-refractivity contribution < 1.29 is 0 Å². The maximum Gasteiger partial charge on any atom is 0.129 e. The molecule has 0 amide bonds. The van der Waals surface area contributed by atoms with Crippen molar-refractivity contribution in [3.05, 3.63) is 28.5 Å². The van der Waals surface area contributed by atoms with Gasteiger partial charge in [0.2, 0.25) is 0 Å². The van der Waals surface area contributed by atoms with Crippen LogP contribution in [-0.2, 0) is 12.1 Å². The third kappa shape index (κ3) is 2.31. The molecule has 18 heavy (non-hydrogen) atoms. The number of aromatic nitrogens is 2. The molecule has 1 heterocycles. The minimum Gasteiger partial charge on any atom is -0.327 e. The van der Waals surface area contributed by atoms with E-state index in [1.54, 1.807) is 0 Å². The quantitative estimate of drug-likeness (QED) is 0.933. The Balaban J connectivity index is 2.63. The average molecular weight is 310 g/mol. The Hall–Kier alpha value is -0.870. The first kappa shape index (κ1) is 13.6. The van der Waals surface area contributed by atoms with Gasteiger partial charge in [-0.1, -0.05) is 29.3 Å². The molecule has 0 fully saturated rings. The number of hydrogen-bond donors (Lipinski definition) is 1. The standard InChI is InChI=1S/C14H20BrN3/c1-4-8-14(3,16)13-17-11-9-10(15)6-7-12(11)18(13)5-2/h6-7,9H,4-5,8,16H2,1-3H3. The predicted molar refractivity (Wildman–Crippen MR) is 79.6 cm³/mol. The first-order chi connectivity index (χ1) is 8.49. The molecule has 0 aliphatic rings. The molecule has 1 aromatic carbocycles. The normalized spacial score (nSPS) is 14.9. The Labute approximate surface area is 117 Å². The summed E-state index contributed by atoms with van der Waals surface area (Å²) < 4.78 is 3.27. The van der Waals surface area contributed by atoms with Gasteiger partial charge in [0, 0.05) is 11.0 Å². The Morgan fingerprint density at radius 2 is 2.11 bits per heavy atom. The number of imidazole rings is 1.